The van der Waals surface area contributed by atoms with E-state index < -0.39 is 0 Å². The number of esters is 1. The first-order valence-electron chi connectivity index (χ1n) is 2.99. The van der Waals surface area contributed by atoms with E-state index in [0.717, 1.165) is 0 Å². The molecule has 1 heterocycles. The van der Waals surface area contributed by atoms with Gasteiger partial charge in [0.2, 0.25) is 0 Å². The number of carbonyl (C=O) groups is 1. The fourth-order valence-electron chi connectivity index (χ4n) is 0.911. The van der Waals surface area contributed by atoms with Crippen LogP contribution >= 0.6 is 11.6 Å². The van der Waals surface area contributed by atoms with Gasteiger partial charge in [0, 0.05) is 5.92 Å². The van der Waals surface area contributed by atoms with Crippen LogP contribution in [0, 0.1) is 5.92 Å². The van der Waals surface area contributed by atoms with Crippen LogP contribution in [0.4, 0.5) is 0 Å². The Bertz CT molecular complexity index is 124. The van der Waals surface area contributed by atoms with Gasteiger partial charge in [0.25, 0.3) is 0 Å². The highest BCUT2D eigenvalue weighted by Crippen LogP contribution is 2.21. The van der Waals surface area contributed by atoms with Crippen LogP contribution in [0.5, 0.6) is 0 Å². The molecule has 52 valence electrons. The van der Waals surface area contributed by atoms with Gasteiger partial charge in [-0.1, -0.05) is 6.92 Å². The maximum Gasteiger partial charge on any atom is 0.306 e. The zero-order valence-corrected chi connectivity index (χ0v) is 6.02. The zero-order valence-electron chi connectivity index (χ0n) is 5.26. The number of alkyl halides is 1. The molecule has 1 unspecified atom stereocenters. The Morgan fingerprint density at radius 2 is 2.56 bits per heavy atom. The van der Waals surface area contributed by atoms with Crippen molar-refractivity contribution >= 4 is 17.6 Å². The normalized spacial score (nSPS) is 34.7. The Hall–Kier alpha value is -0.240. The first-order valence-corrected chi connectivity index (χ1v) is 3.53. The number of carbonyl (C=O) groups excluding carboxylic acids is 1. The summed E-state index contributed by atoms with van der Waals surface area (Å²) >= 11 is 5.49. The Kier molecular flexibility index (Phi) is 1.96. The molecule has 1 aliphatic rings. The minimum atomic E-state index is -0.117. The van der Waals surface area contributed by atoms with Crippen molar-refractivity contribution in [3.8, 4) is 0 Å². The number of ether oxygens (including phenoxy) is 1. The maximum absolute atomic E-state index is 10.5. The van der Waals surface area contributed by atoms with Gasteiger partial charge in [0.1, 0.15) is 6.10 Å². The number of rotatable bonds is 1. The van der Waals surface area contributed by atoms with Crippen LogP contribution < -0.4 is 0 Å². The van der Waals surface area contributed by atoms with Gasteiger partial charge in [-0.15, -0.1) is 11.6 Å². The number of halogens is 1. The molecule has 3 heteroatoms. The minimum Gasteiger partial charge on any atom is -0.461 e. The van der Waals surface area contributed by atoms with E-state index in [2.05, 4.69) is 0 Å². The minimum absolute atomic E-state index is 0.0424. The SMILES string of the molecule is C[C@@H]1CC(=O)OC1CCl. The van der Waals surface area contributed by atoms with E-state index >= 15 is 0 Å². The third-order valence-electron chi connectivity index (χ3n) is 1.56. The highest BCUT2D eigenvalue weighted by Gasteiger charge is 2.30. The summed E-state index contributed by atoms with van der Waals surface area (Å²) in [5.41, 5.74) is 0. The van der Waals surface area contributed by atoms with Crippen LogP contribution in [0.1, 0.15) is 13.3 Å². The molecule has 0 amide bonds. The van der Waals surface area contributed by atoms with E-state index in [1.807, 2.05) is 6.92 Å². The van der Waals surface area contributed by atoms with E-state index in [-0.39, 0.29) is 12.1 Å². The molecule has 1 rings (SSSR count). The summed E-state index contributed by atoms with van der Waals surface area (Å²) < 4.78 is 4.85. The molecule has 0 aromatic carbocycles. The van der Waals surface area contributed by atoms with Crippen molar-refractivity contribution in [3.05, 3.63) is 0 Å². The summed E-state index contributed by atoms with van der Waals surface area (Å²) in [6.07, 6.45) is 0.483. The van der Waals surface area contributed by atoms with E-state index in [1.165, 1.54) is 0 Å². The molecular weight excluding hydrogens is 140 g/mol. The van der Waals surface area contributed by atoms with Crippen LogP contribution in [0.2, 0.25) is 0 Å². The third kappa shape index (κ3) is 1.36. The van der Waals surface area contributed by atoms with Gasteiger partial charge in [-0.3, -0.25) is 4.79 Å². The van der Waals surface area contributed by atoms with Crippen LogP contribution in [-0.2, 0) is 9.53 Å². The van der Waals surface area contributed by atoms with Gasteiger partial charge in [0.05, 0.1) is 12.3 Å². The number of cyclic esters (lactones) is 1. The summed E-state index contributed by atoms with van der Waals surface area (Å²) in [6, 6.07) is 0. The molecular formula is C6H9ClO2. The maximum atomic E-state index is 10.5. The topological polar surface area (TPSA) is 26.3 Å². The van der Waals surface area contributed by atoms with Crippen molar-refractivity contribution in [2.45, 2.75) is 19.4 Å². The van der Waals surface area contributed by atoms with Gasteiger partial charge in [-0.25, -0.2) is 0 Å². The zero-order chi connectivity index (χ0) is 6.85. The summed E-state index contributed by atoms with van der Waals surface area (Å²) in [5, 5.41) is 0. The number of hydrogen-bond acceptors (Lipinski definition) is 2. The lowest BCUT2D eigenvalue weighted by Gasteiger charge is -2.07. The summed E-state index contributed by atoms with van der Waals surface area (Å²) in [6.45, 7) is 1.97. The van der Waals surface area contributed by atoms with E-state index in [4.69, 9.17) is 16.3 Å². The van der Waals surface area contributed by atoms with Crippen LogP contribution in [0.15, 0.2) is 0 Å². The monoisotopic (exact) mass is 148 g/mol. The van der Waals surface area contributed by atoms with Gasteiger partial charge in [-0.05, 0) is 0 Å². The molecule has 2 atom stereocenters. The average Bonchev–Trinajstić information content (AvgIpc) is 2.10. The average molecular weight is 149 g/mol. The first-order chi connectivity index (χ1) is 4.24. The molecule has 1 fully saturated rings. The smallest absolute Gasteiger partial charge is 0.306 e. The summed E-state index contributed by atoms with van der Waals surface area (Å²) in [4.78, 5) is 10.5. The largest absolute Gasteiger partial charge is 0.461 e. The quantitative estimate of drug-likeness (QED) is 0.412. The van der Waals surface area contributed by atoms with Crippen LogP contribution in [-0.4, -0.2) is 18.0 Å². The van der Waals surface area contributed by atoms with Crippen molar-refractivity contribution in [1.82, 2.24) is 0 Å². The standard InChI is InChI=1S/C6H9ClO2/c1-4-2-6(8)9-5(4)3-7/h4-5H,2-3H2,1H3/t4-,5?/m1/s1. The second-order valence-corrected chi connectivity index (χ2v) is 2.67. The molecule has 0 aromatic rings. The highest BCUT2D eigenvalue weighted by molar-refractivity contribution is 6.18. The summed E-state index contributed by atoms with van der Waals surface area (Å²) in [7, 11) is 0. The molecule has 9 heavy (non-hydrogen) atoms. The molecule has 0 aliphatic carbocycles. The molecule has 0 N–H and O–H groups in total. The molecule has 1 aliphatic heterocycles. The lowest BCUT2D eigenvalue weighted by molar-refractivity contribution is -0.140. The highest BCUT2D eigenvalue weighted by atomic mass is 35.5. The van der Waals surface area contributed by atoms with Crippen molar-refractivity contribution in [2.24, 2.45) is 5.92 Å². The number of hydrogen-bond donors (Lipinski definition) is 0. The van der Waals surface area contributed by atoms with Gasteiger partial charge >= 0.3 is 5.97 Å². The Labute approximate surface area is 59.1 Å². The Balaban J connectivity index is 2.47. The fourth-order valence-corrected chi connectivity index (χ4v) is 1.28. The molecule has 0 saturated carbocycles. The van der Waals surface area contributed by atoms with Gasteiger partial charge < -0.3 is 4.74 Å². The lowest BCUT2D eigenvalue weighted by atomic mass is 10.1. The molecule has 1 saturated heterocycles. The molecule has 0 bridgehead atoms. The van der Waals surface area contributed by atoms with Crippen molar-refractivity contribution in [3.63, 3.8) is 0 Å². The molecule has 0 radical (unpaired) electrons. The summed E-state index contributed by atoms with van der Waals surface area (Å²) in [5.74, 6) is 0.607. The van der Waals surface area contributed by atoms with Gasteiger partial charge in [0.15, 0.2) is 0 Å². The third-order valence-corrected chi connectivity index (χ3v) is 1.86. The Morgan fingerprint density at radius 1 is 1.89 bits per heavy atom. The molecule has 0 aromatic heterocycles. The van der Waals surface area contributed by atoms with E-state index in [1.54, 1.807) is 0 Å². The first kappa shape index (κ1) is 6.87. The van der Waals surface area contributed by atoms with Crippen LogP contribution in [0.3, 0.4) is 0 Å². The Morgan fingerprint density at radius 3 is 2.78 bits per heavy atom. The molecule has 0 spiro atoms. The second-order valence-electron chi connectivity index (χ2n) is 2.36. The predicted molar refractivity (Wildman–Crippen MR) is 34.4 cm³/mol. The van der Waals surface area contributed by atoms with Gasteiger partial charge in [-0.2, -0.15) is 0 Å². The predicted octanol–water partition coefficient (Wildman–Crippen LogP) is 1.18. The molecule has 2 nitrogen and oxygen atoms in total. The van der Waals surface area contributed by atoms with E-state index in [0.29, 0.717) is 18.2 Å². The van der Waals surface area contributed by atoms with Crippen molar-refractivity contribution in [2.75, 3.05) is 5.88 Å². The van der Waals surface area contributed by atoms with Crippen LogP contribution in [0.25, 0.3) is 0 Å². The van der Waals surface area contributed by atoms with Crippen molar-refractivity contribution < 1.29 is 9.53 Å². The fraction of sp³-hybridized carbons (Fsp3) is 0.833. The lowest BCUT2D eigenvalue weighted by Crippen LogP contribution is -2.14. The van der Waals surface area contributed by atoms with Crippen molar-refractivity contribution in [1.29, 1.82) is 0 Å². The second kappa shape index (κ2) is 2.56. The van der Waals surface area contributed by atoms with E-state index in [9.17, 15) is 4.79 Å².